The van der Waals surface area contributed by atoms with Gasteiger partial charge in [0.2, 0.25) is 0 Å². The molecule has 8 rings (SSSR count). The molecular formula is C36H41F3N6OS. The first-order valence-electron chi connectivity index (χ1n) is 16.8. The molecule has 47 heavy (non-hydrogen) atoms. The number of likely N-dealkylation sites (tertiary alicyclic amines) is 1. The average Bonchev–Trinajstić information content (AvgIpc) is 3.16. The predicted octanol–water partition coefficient (Wildman–Crippen LogP) is 6.90. The van der Waals surface area contributed by atoms with E-state index >= 15 is 8.78 Å². The molecule has 2 bridgehead atoms. The second kappa shape index (κ2) is 11.7. The number of thioether (sulfide) groups is 1. The highest BCUT2D eigenvalue weighted by Crippen LogP contribution is 2.49. The van der Waals surface area contributed by atoms with Crippen LogP contribution in [0.3, 0.4) is 0 Å². The Labute approximate surface area is 277 Å². The second-order valence-corrected chi connectivity index (χ2v) is 15.5. The van der Waals surface area contributed by atoms with Crippen molar-refractivity contribution in [2.75, 3.05) is 31.1 Å². The molecular weight excluding hydrogens is 621 g/mol. The number of aromatic nitrogens is 2. The molecule has 3 N–H and O–H groups in total. The number of benzene rings is 2. The van der Waals surface area contributed by atoms with Gasteiger partial charge in [-0.3, -0.25) is 4.90 Å². The van der Waals surface area contributed by atoms with Crippen molar-refractivity contribution in [3.05, 3.63) is 58.1 Å². The van der Waals surface area contributed by atoms with Gasteiger partial charge in [-0.15, -0.1) is 0 Å². The Morgan fingerprint density at radius 2 is 1.94 bits per heavy atom. The van der Waals surface area contributed by atoms with E-state index in [9.17, 15) is 4.39 Å². The third-order valence-electron chi connectivity index (χ3n) is 10.6. The Hall–Kier alpha value is -3.28. The Kier molecular flexibility index (Phi) is 7.72. The number of rotatable bonds is 5. The van der Waals surface area contributed by atoms with Gasteiger partial charge in [-0.1, -0.05) is 36.1 Å². The van der Waals surface area contributed by atoms with Crippen LogP contribution in [-0.2, 0) is 0 Å². The van der Waals surface area contributed by atoms with E-state index in [1.807, 2.05) is 31.2 Å². The Bertz CT molecular complexity index is 1800. The van der Waals surface area contributed by atoms with Gasteiger partial charge in [0.25, 0.3) is 0 Å². The van der Waals surface area contributed by atoms with Crippen LogP contribution in [0.5, 0.6) is 6.01 Å². The van der Waals surface area contributed by atoms with Gasteiger partial charge in [0.1, 0.15) is 29.4 Å². The second-order valence-electron chi connectivity index (χ2n) is 14.4. The van der Waals surface area contributed by atoms with Crippen molar-refractivity contribution in [3.8, 4) is 17.1 Å². The number of allylic oxidation sites excluding steroid dienone is 2. The van der Waals surface area contributed by atoms with Crippen LogP contribution in [0.15, 0.2) is 40.3 Å². The first kappa shape index (κ1) is 31.0. The molecule has 5 atom stereocenters. The quantitative estimate of drug-likeness (QED) is 0.306. The molecule has 0 amide bonds. The number of hydrogen-bond acceptors (Lipinski definition) is 8. The highest BCUT2D eigenvalue weighted by Gasteiger charge is 2.37. The summed E-state index contributed by atoms with van der Waals surface area (Å²) in [5.41, 5.74) is 8.58. The molecule has 7 nitrogen and oxygen atoms in total. The lowest BCUT2D eigenvalue weighted by Crippen LogP contribution is -2.53. The third kappa shape index (κ3) is 5.57. The number of alkyl halides is 1. The first-order valence-corrected chi connectivity index (χ1v) is 17.6. The molecule has 4 aliphatic heterocycles. The first-order chi connectivity index (χ1) is 22.5. The molecule has 0 spiro atoms. The van der Waals surface area contributed by atoms with Crippen LogP contribution in [0.25, 0.3) is 28.1 Å². The molecule has 3 saturated heterocycles. The molecule has 1 aromatic heterocycles. The van der Waals surface area contributed by atoms with Gasteiger partial charge in [0.15, 0.2) is 5.82 Å². The fourth-order valence-electron chi connectivity index (χ4n) is 8.30. The molecule has 0 saturated carbocycles. The lowest BCUT2D eigenvalue weighted by molar-refractivity contribution is 0.00676. The van der Waals surface area contributed by atoms with Crippen molar-refractivity contribution in [3.63, 3.8) is 0 Å². The maximum atomic E-state index is 17.2. The molecule has 0 radical (unpaired) electrons. The van der Waals surface area contributed by atoms with Crippen molar-refractivity contribution < 1.29 is 17.9 Å². The summed E-state index contributed by atoms with van der Waals surface area (Å²) < 4.78 is 53.1. The van der Waals surface area contributed by atoms with E-state index in [2.05, 4.69) is 29.0 Å². The summed E-state index contributed by atoms with van der Waals surface area (Å²) in [6.07, 6.45) is 8.54. The van der Waals surface area contributed by atoms with Crippen LogP contribution in [0.4, 0.5) is 19.0 Å². The molecule has 11 heteroatoms. The maximum absolute atomic E-state index is 17.2. The molecule has 5 aliphatic rings. The zero-order valence-electron chi connectivity index (χ0n) is 27.0. The summed E-state index contributed by atoms with van der Waals surface area (Å²) in [5, 5.41) is 4.84. The van der Waals surface area contributed by atoms with Gasteiger partial charge in [0.05, 0.1) is 9.92 Å². The number of ether oxygens (including phenoxy) is 1. The summed E-state index contributed by atoms with van der Waals surface area (Å²) in [5.74, 6) is -0.328. The van der Waals surface area contributed by atoms with Crippen LogP contribution in [0.2, 0.25) is 0 Å². The summed E-state index contributed by atoms with van der Waals surface area (Å²) in [4.78, 5) is 14.6. The summed E-state index contributed by atoms with van der Waals surface area (Å²) in [7, 11) is 0. The van der Waals surface area contributed by atoms with Gasteiger partial charge < -0.3 is 20.7 Å². The van der Waals surface area contributed by atoms with Gasteiger partial charge >= 0.3 is 6.01 Å². The normalized spacial score (nSPS) is 27.1. The molecule has 5 heterocycles. The Morgan fingerprint density at radius 1 is 1.15 bits per heavy atom. The molecule has 3 fully saturated rings. The van der Waals surface area contributed by atoms with Crippen LogP contribution in [0, 0.1) is 11.6 Å². The molecule has 3 aromatic rings. The van der Waals surface area contributed by atoms with Crippen molar-refractivity contribution in [2.45, 2.75) is 93.6 Å². The number of piperazine rings is 1. The fourth-order valence-corrected chi connectivity index (χ4v) is 9.25. The third-order valence-corrected chi connectivity index (χ3v) is 11.6. The molecule has 248 valence electrons. The van der Waals surface area contributed by atoms with E-state index < -0.39 is 12.0 Å². The molecule has 1 aliphatic carbocycles. The minimum Gasteiger partial charge on any atom is -0.459 e. The van der Waals surface area contributed by atoms with Gasteiger partial charge in [-0.05, 0) is 81.7 Å². The van der Waals surface area contributed by atoms with Gasteiger partial charge in [0, 0.05) is 60.7 Å². The smallest absolute Gasteiger partial charge is 0.319 e. The summed E-state index contributed by atoms with van der Waals surface area (Å²) in [6, 6.07) is 5.88. The zero-order chi connectivity index (χ0) is 32.6. The fraction of sp³-hybridized carbons (Fsp3) is 0.500. The van der Waals surface area contributed by atoms with Crippen LogP contribution in [-0.4, -0.2) is 70.9 Å². The minimum atomic E-state index is -0.801. The highest BCUT2D eigenvalue weighted by molar-refractivity contribution is 8.03. The lowest BCUT2D eigenvalue weighted by Gasteiger charge is -2.44. The number of nitrogens with one attached hydrogen (secondary N) is 1. The summed E-state index contributed by atoms with van der Waals surface area (Å²) >= 11 is 1.20. The van der Waals surface area contributed by atoms with Crippen LogP contribution < -0.4 is 20.7 Å². The number of piperidine rings is 1. The van der Waals surface area contributed by atoms with E-state index in [0.717, 1.165) is 31.5 Å². The van der Waals surface area contributed by atoms with Gasteiger partial charge in [-0.25, -0.2) is 13.2 Å². The zero-order valence-corrected chi connectivity index (χ0v) is 27.8. The SMILES string of the molecule is C[C@@H](CN1CCC(F)CC1(C)C)Oc1nc(N2CC3CCC(C2)N3)c2cc3c(c(F)c2n1)-c1ccc(F)c2c1C(C=C3)CC=C(N)S2. The number of halogens is 3. The molecule has 4 unspecified atom stereocenters. The van der Waals surface area contributed by atoms with Crippen LogP contribution >= 0.6 is 11.8 Å². The van der Waals surface area contributed by atoms with Crippen molar-refractivity contribution >= 4 is 34.6 Å². The van der Waals surface area contributed by atoms with Gasteiger partial charge in [-0.2, -0.15) is 9.97 Å². The van der Waals surface area contributed by atoms with Crippen molar-refractivity contribution in [2.24, 2.45) is 5.73 Å². The number of hydrogen-bond donors (Lipinski definition) is 2. The standard InChI is InChI=1S/C36H41F3N6OS/c1-19(16-45-13-12-22(37)15-36(45,2)3)46-35-42-32-26(34(43-35)44-17-23-7-8-24(18-44)41-23)14-21-5-4-20-6-11-28(40)47-33-27(38)10-9-25(30(20)33)29(21)31(32)39/h4-5,9-11,14,19-20,22-24,41H,6-8,12-13,15-18,40H2,1-3H3/t19-,20?,22?,23?,24?/m0/s1. The number of fused-ring (bicyclic) bond motifs is 5. The number of anilines is 1. The van der Waals surface area contributed by atoms with E-state index in [1.54, 1.807) is 6.07 Å². The minimum absolute atomic E-state index is 0.121. The topological polar surface area (TPSA) is 79.5 Å². The number of nitrogens with zero attached hydrogens (tertiary/aromatic N) is 4. The molecule has 2 aromatic carbocycles. The lowest BCUT2D eigenvalue weighted by atomic mass is 9.88. The van der Waals surface area contributed by atoms with Crippen LogP contribution in [0.1, 0.15) is 69.9 Å². The number of nitrogens with two attached hydrogens (primary N) is 1. The van der Waals surface area contributed by atoms with Crippen molar-refractivity contribution in [1.29, 1.82) is 0 Å². The largest absolute Gasteiger partial charge is 0.459 e. The predicted molar refractivity (Wildman–Crippen MR) is 181 cm³/mol. The Morgan fingerprint density at radius 3 is 2.70 bits per heavy atom. The van der Waals surface area contributed by atoms with E-state index in [0.29, 0.717) is 82.3 Å². The van der Waals surface area contributed by atoms with Crippen molar-refractivity contribution in [1.82, 2.24) is 20.2 Å². The van der Waals surface area contributed by atoms with E-state index in [4.69, 9.17) is 20.4 Å². The average molecular weight is 663 g/mol. The maximum Gasteiger partial charge on any atom is 0.319 e. The van der Waals surface area contributed by atoms with E-state index in [-0.39, 0.29) is 34.9 Å². The summed E-state index contributed by atoms with van der Waals surface area (Å²) in [6.45, 7) is 8.82. The Balaban J connectivity index is 1.24. The monoisotopic (exact) mass is 662 g/mol. The van der Waals surface area contributed by atoms with E-state index in [1.165, 1.54) is 17.8 Å². The highest BCUT2D eigenvalue weighted by atomic mass is 32.2.